The molecule has 0 bridgehead atoms. The molecular weight excluding hydrogens is 68.0 g/mol. The molecule has 0 aromatic carbocycles. The second kappa shape index (κ2) is 1.46. The SMILES string of the molecule is N=CC(N)=O. The first-order valence-corrected chi connectivity index (χ1v) is 1.07. The molecule has 3 heteroatoms. The Bertz CT molecular complexity index is 58.7. The molecule has 0 aliphatic carbocycles. The maximum absolute atomic E-state index is 9.35. The quantitative estimate of drug-likeness (QED) is 0.388. The molecule has 0 fully saturated rings. The van der Waals surface area contributed by atoms with E-state index in [4.69, 9.17) is 5.41 Å². The van der Waals surface area contributed by atoms with Crippen LogP contribution in [0, 0.1) is 5.41 Å². The van der Waals surface area contributed by atoms with E-state index >= 15 is 0 Å². The van der Waals surface area contributed by atoms with Crippen LogP contribution in [0.5, 0.6) is 0 Å². The second-order valence-corrected chi connectivity index (χ2v) is 0.547. The summed E-state index contributed by atoms with van der Waals surface area (Å²) in [5.41, 5.74) is 4.41. The maximum Gasteiger partial charge on any atom is 0.259 e. The van der Waals surface area contributed by atoms with Gasteiger partial charge in [0.15, 0.2) is 0 Å². The molecule has 3 N–H and O–H groups in total. The summed E-state index contributed by atoms with van der Waals surface area (Å²) in [6.07, 6.45) is 0.556. The molecule has 0 atom stereocenters. The van der Waals surface area contributed by atoms with Crippen molar-refractivity contribution < 1.29 is 4.79 Å². The van der Waals surface area contributed by atoms with Gasteiger partial charge in [-0.15, -0.1) is 0 Å². The minimum absolute atomic E-state index is 0.556. The molecule has 1 amide bonds. The predicted octanol–water partition coefficient (Wildman–Crippen LogP) is -0.879. The zero-order valence-electron chi connectivity index (χ0n) is 2.56. The average molecular weight is 72.1 g/mol. The van der Waals surface area contributed by atoms with Gasteiger partial charge in [0.25, 0.3) is 5.91 Å². The minimum Gasteiger partial charge on any atom is -0.365 e. The molecule has 0 saturated heterocycles. The molecule has 0 unspecified atom stereocenters. The zero-order valence-corrected chi connectivity index (χ0v) is 2.56. The fourth-order valence-corrected chi connectivity index (χ4v) is 0. The predicted molar refractivity (Wildman–Crippen MR) is 18.0 cm³/mol. The lowest BCUT2D eigenvalue weighted by Gasteiger charge is -1.64. The number of hydrogen-bond donors (Lipinski definition) is 2. The topological polar surface area (TPSA) is 66.9 Å². The molecule has 0 saturated carbocycles. The van der Waals surface area contributed by atoms with E-state index in [0.717, 1.165) is 0 Å². The summed E-state index contributed by atoms with van der Waals surface area (Å²) in [5, 5.41) is 6.06. The molecule has 3 nitrogen and oxygen atoms in total. The third-order valence-electron chi connectivity index (χ3n) is 0.142. The normalized spacial score (nSPS) is 6.40. The lowest BCUT2D eigenvalue weighted by molar-refractivity contribution is -0.111. The second-order valence-electron chi connectivity index (χ2n) is 0.547. The van der Waals surface area contributed by atoms with Crippen molar-refractivity contribution in [3.63, 3.8) is 0 Å². The van der Waals surface area contributed by atoms with Gasteiger partial charge in [-0.2, -0.15) is 0 Å². The molecule has 0 heterocycles. The molecule has 0 aromatic rings. The van der Waals surface area contributed by atoms with Crippen molar-refractivity contribution in [3.8, 4) is 0 Å². The van der Waals surface area contributed by atoms with Crippen molar-refractivity contribution in [2.75, 3.05) is 0 Å². The highest BCUT2D eigenvalue weighted by Crippen LogP contribution is 1.32. The fraction of sp³-hybridized carbons (Fsp3) is 0. The minimum atomic E-state index is -0.704. The van der Waals surface area contributed by atoms with Gasteiger partial charge in [-0.3, -0.25) is 4.79 Å². The van der Waals surface area contributed by atoms with Crippen LogP contribution in [0.1, 0.15) is 0 Å². The van der Waals surface area contributed by atoms with Crippen molar-refractivity contribution in [2.24, 2.45) is 5.73 Å². The largest absolute Gasteiger partial charge is 0.365 e. The van der Waals surface area contributed by atoms with Gasteiger partial charge in [0.05, 0.1) is 6.21 Å². The summed E-state index contributed by atoms with van der Waals surface area (Å²) in [7, 11) is 0. The van der Waals surface area contributed by atoms with Gasteiger partial charge < -0.3 is 11.1 Å². The Hall–Kier alpha value is -0.860. The summed E-state index contributed by atoms with van der Waals surface area (Å²) in [4.78, 5) is 9.35. The highest BCUT2D eigenvalue weighted by Gasteiger charge is 1.72. The zero-order chi connectivity index (χ0) is 4.28. The van der Waals surface area contributed by atoms with Crippen molar-refractivity contribution >= 4 is 12.1 Å². The van der Waals surface area contributed by atoms with Gasteiger partial charge in [0.2, 0.25) is 0 Å². The van der Waals surface area contributed by atoms with Gasteiger partial charge >= 0.3 is 0 Å². The number of rotatable bonds is 1. The molecule has 0 aliphatic heterocycles. The van der Waals surface area contributed by atoms with E-state index < -0.39 is 5.91 Å². The average Bonchev–Trinajstić information content (AvgIpc) is 1.38. The lowest BCUT2D eigenvalue weighted by atomic mass is 10.7. The van der Waals surface area contributed by atoms with Crippen LogP contribution in [0.2, 0.25) is 0 Å². The van der Waals surface area contributed by atoms with E-state index in [1.807, 2.05) is 0 Å². The van der Waals surface area contributed by atoms with Gasteiger partial charge in [0.1, 0.15) is 0 Å². The summed E-state index contributed by atoms with van der Waals surface area (Å²) in [6.45, 7) is 0. The molecule has 0 aliphatic rings. The van der Waals surface area contributed by atoms with E-state index in [9.17, 15) is 4.79 Å². The summed E-state index contributed by atoms with van der Waals surface area (Å²) in [6, 6.07) is 0. The number of carbonyl (C=O) groups is 1. The molecule has 0 spiro atoms. The van der Waals surface area contributed by atoms with E-state index in [1.54, 1.807) is 0 Å². The first kappa shape index (κ1) is 4.14. The van der Waals surface area contributed by atoms with Crippen LogP contribution >= 0.6 is 0 Å². The number of primary amides is 1. The summed E-state index contributed by atoms with van der Waals surface area (Å²) >= 11 is 0. The van der Waals surface area contributed by atoms with E-state index in [0.29, 0.717) is 6.21 Å². The molecule has 0 aromatic heterocycles. The molecular formula is C2H4N2O. The Kier molecular flexibility index (Phi) is 1.21. The van der Waals surface area contributed by atoms with Gasteiger partial charge in [-0.1, -0.05) is 0 Å². The van der Waals surface area contributed by atoms with Crippen LogP contribution in [0.15, 0.2) is 0 Å². The van der Waals surface area contributed by atoms with Gasteiger partial charge in [0, 0.05) is 0 Å². The fourth-order valence-electron chi connectivity index (χ4n) is 0. The highest BCUT2D eigenvalue weighted by molar-refractivity contribution is 6.24. The van der Waals surface area contributed by atoms with Gasteiger partial charge in [-0.25, -0.2) is 0 Å². The van der Waals surface area contributed by atoms with Crippen LogP contribution in [-0.2, 0) is 4.79 Å². The Labute approximate surface area is 29.3 Å². The standard InChI is InChI=1S/C2H4N2O/c3-1-2(4)5/h1,3H,(H2,4,5). The lowest BCUT2D eigenvalue weighted by Crippen LogP contribution is -2.09. The van der Waals surface area contributed by atoms with Crippen LogP contribution in [0.4, 0.5) is 0 Å². The van der Waals surface area contributed by atoms with Crippen LogP contribution in [0.25, 0.3) is 0 Å². The summed E-state index contributed by atoms with van der Waals surface area (Å²) in [5.74, 6) is -0.704. The molecule has 0 radical (unpaired) electrons. The smallest absolute Gasteiger partial charge is 0.259 e. The van der Waals surface area contributed by atoms with Crippen LogP contribution in [0.3, 0.4) is 0 Å². The molecule has 5 heavy (non-hydrogen) atoms. The van der Waals surface area contributed by atoms with E-state index in [1.165, 1.54) is 0 Å². The Morgan fingerprint density at radius 2 is 2.20 bits per heavy atom. The van der Waals surface area contributed by atoms with E-state index in [-0.39, 0.29) is 0 Å². The first-order valence-electron chi connectivity index (χ1n) is 1.07. The highest BCUT2D eigenvalue weighted by atomic mass is 16.1. The number of amides is 1. The van der Waals surface area contributed by atoms with Crippen molar-refractivity contribution in [1.29, 1.82) is 5.41 Å². The van der Waals surface area contributed by atoms with Gasteiger partial charge in [-0.05, 0) is 0 Å². The van der Waals surface area contributed by atoms with Crippen LogP contribution in [-0.4, -0.2) is 12.1 Å². The third kappa shape index (κ3) is 3.14. The number of hydrogen-bond acceptors (Lipinski definition) is 2. The Morgan fingerprint density at radius 1 is 2.00 bits per heavy atom. The number of nitrogens with one attached hydrogen (secondary N) is 1. The maximum atomic E-state index is 9.35. The number of nitrogens with two attached hydrogens (primary N) is 1. The Morgan fingerprint density at radius 3 is 2.20 bits per heavy atom. The van der Waals surface area contributed by atoms with E-state index in [2.05, 4.69) is 5.73 Å². The summed E-state index contributed by atoms with van der Waals surface area (Å²) < 4.78 is 0. The first-order chi connectivity index (χ1) is 2.27. The molecule has 0 rings (SSSR count). The van der Waals surface area contributed by atoms with Crippen molar-refractivity contribution in [1.82, 2.24) is 0 Å². The number of carbonyl (C=O) groups excluding carboxylic acids is 1. The van der Waals surface area contributed by atoms with Crippen LogP contribution < -0.4 is 5.73 Å². The Balaban J connectivity index is 3.20. The van der Waals surface area contributed by atoms with Crippen molar-refractivity contribution in [2.45, 2.75) is 0 Å². The monoisotopic (exact) mass is 72.0 g/mol. The molecule has 28 valence electrons. The van der Waals surface area contributed by atoms with Crippen molar-refractivity contribution in [3.05, 3.63) is 0 Å². The third-order valence-corrected chi connectivity index (χ3v) is 0.142.